The van der Waals surface area contributed by atoms with E-state index in [0.29, 0.717) is 80.2 Å². The average Bonchev–Trinajstić information content (AvgIpc) is 3.63. The number of ether oxygens (including phenoxy) is 3. The molecule has 5 heterocycles. The molecule has 3 fully saturated rings. The number of fused-ring (bicyclic) bond motifs is 2. The number of nitrogens with one attached hydrogen (secondary N) is 2. The number of nitrogens with zero attached hydrogens (tertiary/aromatic N) is 5. The number of benzene rings is 1. The lowest BCUT2D eigenvalue weighted by Gasteiger charge is -2.35. The summed E-state index contributed by atoms with van der Waals surface area (Å²) in [5.41, 5.74) is 1.96. The molecule has 3 saturated heterocycles. The second-order valence-corrected chi connectivity index (χ2v) is 18.8. The smallest absolute Gasteiger partial charge is 0.256 e. The zero-order valence-electron chi connectivity index (χ0n) is 26.4. The van der Waals surface area contributed by atoms with Crippen molar-refractivity contribution in [2.75, 3.05) is 48.0 Å². The molecule has 0 saturated carbocycles. The van der Waals surface area contributed by atoms with E-state index in [0.717, 1.165) is 12.5 Å². The highest BCUT2D eigenvalue weighted by molar-refractivity contribution is 6.76. The van der Waals surface area contributed by atoms with Crippen molar-refractivity contribution in [2.24, 2.45) is 0 Å². The number of carbonyl (C=O) groups is 1. The molecule has 3 aliphatic rings. The summed E-state index contributed by atoms with van der Waals surface area (Å²) in [5, 5.41) is 16.3. The molecule has 6 rings (SSSR count). The summed E-state index contributed by atoms with van der Waals surface area (Å²) >= 11 is 0. The quantitative estimate of drug-likeness (QED) is 0.167. The number of halogens is 1. The zero-order chi connectivity index (χ0) is 31.7. The van der Waals surface area contributed by atoms with Gasteiger partial charge >= 0.3 is 0 Å². The molecule has 3 aromatic rings. The highest BCUT2D eigenvalue weighted by atomic mass is 28.3. The van der Waals surface area contributed by atoms with E-state index in [2.05, 4.69) is 41.9 Å². The van der Waals surface area contributed by atoms with Crippen molar-refractivity contribution in [1.29, 1.82) is 5.41 Å². The number of anilines is 4. The number of morpholine rings is 2. The van der Waals surface area contributed by atoms with Crippen LogP contribution in [0.3, 0.4) is 0 Å². The molecule has 240 valence electrons. The molecule has 3 atom stereocenters. The molecule has 0 aliphatic carbocycles. The Kier molecular flexibility index (Phi) is 9.04. The van der Waals surface area contributed by atoms with Gasteiger partial charge in [0.15, 0.2) is 5.82 Å². The second-order valence-electron chi connectivity index (χ2n) is 13.2. The van der Waals surface area contributed by atoms with Gasteiger partial charge in [-0.25, -0.2) is 14.1 Å². The Labute approximate surface area is 264 Å². The van der Waals surface area contributed by atoms with E-state index in [1.807, 2.05) is 18.3 Å². The van der Waals surface area contributed by atoms with Gasteiger partial charge in [0.25, 0.3) is 5.91 Å². The molecular formula is C32H42FN7O4Si. The fourth-order valence-electron chi connectivity index (χ4n) is 5.99. The lowest BCUT2D eigenvalue weighted by atomic mass is 9.99. The van der Waals surface area contributed by atoms with Crippen molar-refractivity contribution in [3.63, 3.8) is 0 Å². The van der Waals surface area contributed by atoms with Crippen LogP contribution < -0.4 is 15.1 Å². The van der Waals surface area contributed by atoms with Crippen molar-refractivity contribution in [3.8, 4) is 11.1 Å². The number of rotatable bonds is 11. The highest BCUT2D eigenvalue weighted by Gasteiger charge is 2.41. The fourth-order valence-corrected chi connectivity index (χ4v) is 6.75. The first-order chi connectivity index (χ1) is 21.6. The van der Waals surface area contributed by atoms with Crippen molar-refractivity contribution >= 4 is 43.3 Å². The second kappa shape index (κ2) is 13.0. The van der Waals surface area contributed by atoms with Gasteiger partial charge in [-0.05, 0) is 55.1 Å². The van der Waals surface area contributed by atoms with Crippen molar-refractivity contribution < 1.29 is 23.4 Å². The van der Waals surface area contributed by atoms with Crippen LogP contribution in [0.2, 0.25) is 25.7 Å². The average molecular weight is 636 g/mol. The Hall–Kier alpha value is -3.65. The molecule has 2 bridgehead atoms. The van der Waals surface area contributed by atoms with Gasteiger partial charge in [0, 0.05) is 45.3 Å². The van der Waals surface area contributed by atoms with Gasteiger partial charge in [-0.2, -0.15) is 5.10 Å². The summed E-state index contributed by atoms with van der Waals surface area (Å²) < 4.78 is 34.7. The van der Waals surface area contributed by atoms with Crippen LogP contribution in [0.15, 0.2) is 36.5 Å². The van der Waals surface area contributed by atoms with E-state index in [9.17, 15) is 4.79 Å². The Morgan fingerprint density at radius 3 is 2.82 bits per heavy atom. The maximum Gasteiger partial charge on any atom is 0.256 e. The molecular weight excluding hydrogens is 593 g/mol. The molecule has 2 unspecified atom stereocenters. The van der Waals surface area contributed by atoms with Gasteiger partial charge in [-0.3, -0.25) is 4.79 Å². The molecule has 11 nitrogen and oxygen atoms in total. The summed E-state index contributed by atoms with van der Waals surface area (Å²) in [7, 11) is -1.19. The van der Waals surface area contributed by atoms with Gasteiger partial charge in [-0.1, -0.05) is 25.7 Å². The number of amides is 1. The van der Waals surface area contributed by atoms with Crippen LogP contribution in [0.1, 0.15) is 25.3 Å². The molecule has 1 aromatic carbocycles. The van der Waals surface area contributed by atoms with Crippen LogP contribution in [-0.2, 0) is 25.7 Å². The summed E-state index contributed by atoms with van der Waals surface area (Å²) in [6, 6.07) is 9.77. The maximum absolute atomic E-state index is 15.8. The largest absolute Gasteiger partial charge is 0.377 e. The van der Waals surface area contributed by atoms with Gasteiger partial charge in [0.05, 0.1) is 37.6 Å². The Morgan fingerprint density at radius 1 is 1.22 bits per heavy atom. The maximum atomic E-state index is 15.8. The predicted octanol–water partition coefficient (Wildman–Crippen LogP) is 5.26. The minimum absolute atomic E-state index is 0.0663. The van der Waals surface area contributed by atoms with E-state index in [1.165, 1.54) is 17.2 Å². The zero-order valence-corrected chi connectivity index (χ0v) is 27.4. The monoisotopic (exact) mass is 635 g/mol. The lowest BCUT2D eigenvalue weighted by Crippen LogP contribution is -2.48. The minimum Gasteiger partial charge on any atom is -0.377 e. The third-order valence-electron chi connectivity index (χ3n) is 8.54. The molecule has 0 radical (unpaired) electrons. The van der Waals surface area contributed by atoms with Crippen molar-refractivity contribution in [3.05, 3.63) is 47.9 Å². The number of aromatic nitrogens is 3. The van der Waals surface area contributed by atoms with Crippen molar-refractivity contribution in [1.82, 2.24) is 14.8 Å². The Balaban J connectivity index is 1.31. The van der Waals surface area contributed by atoms with E-state index in [1.54, 1.807) is 16.8 Å². The standard InChI is InChI=1S/C32H42FN7O4Si/c1-21-19-42-12-11-39(21)30-16-24(22-5-7-27(26(33)15-22)40-18-23-6-8-28(44-23)32(40)41)25(17-34)31(36-30)35-29-9-10-38(37-29)20-43-13-14-45(2,3)4/h5,7,9-10,15-17,21,23,28,34H,6,8,11-14,18-20H2,1-4H3,(H,35,36,37)/t21-,23?,28?/m1/s1. The van der Waals surface area contributed by atoms with Crippen LogP contribution >= 0.6 is 0 Å². The number of hydrogen-bond donors (Lipinski definition) is 2. The van der Waals surface area contributed by atoms with Gasteiger partial charge in [0.1, 0.15) is 30.3 Å². The third-order valence-corrected chi connectivity index (χ3v) is 10.2. The number of hydrogen-bond acceptors (Lipinski definition) is 9. The van der Waals surface area contributed by atoms with Crippen LogP contribution in [0.4, 0.5) is 27.5 Å². The molecule has 1 amide bonds. The normalized spacial score (nSPS) is 21.8. The Bertz CT molecular complexity index is 1560. The SMILES string of the molecule is C[C@@H]1COCCN1c1cc(-c2ccc(N3CC4CCC(O4)C3=O)c(F)c2)c(C=N)c(Nc2ccn(COCC[Si](C)(C)C)n2)n1. The van der Waals surface area contributed by atoms with E-state index in [-0.39, 0.29) is 23.7 Å². The van der Waals surface area contributed by atoms with Crippen molar-refractivity contribution in [2.45, 2.75) is 70.4 Å². The molecule has 2 N–H and O–H groups in total. The molecule has 2 aromatic heterocycles. The Morgan fingerprint density at radius 2 is 2.07 bits per heavy atom. The number of pyridine rings is 1. The summed E-state index contributed by atoms with van der Waals surface area (Å²) in [4.78, 5) is 21.5. The first-order valence-corrected chi connectivity index (χ1v) is 19.4. The summed E-state index contributed by atoms with van der Waals surface area (Å²) in [5.74, 6) is 0.978. The summed E-state index contributed by atoms with van der Waals surface area (Å²) in [6.07, 6.45) is 3.96. The van der Waals surface area contributed by atoms with Crippen LogP contribution in [-0.4, -0.2) is 86.1 Å². The fraction of sp³-hybridized carbons (Fsp3) is 0.500. The van der Waals surface area contributed by atoms with E-state index >= 15 is 4.39 Å². The molecule has 3 aliphatic heterocycles. The first-order valence-electron chi connectivity index (χ1n) is 15.6. The van der Waals surface area contributed by atoms with Crippen LogP contribution in [0.25, 0.3) is 11.1 Å². The first kappa shape index (κ1) is 31.3. The van der Waals surface area contributed by atoms with Crippen LogP contribution in [0.5, 0.6) is 0 Å². The highest BCUT2D eigenvalue weighted by Crippen LogP contribution is 2.37. The molecule has 45 heavy (non-hydrogen) atoms. The lowest BCUT2D eigenvalue weighted by molar-refractivity contribution is -0.133. The minimum atomic E-state index is -1.19. The van der Waals surface area contributed by atoms with E-state index < -0.39 is 20.0 Å². The topological polar surface area (TPSA) is 118 Å². The third kappa shape index (κ3) is 6.96. The van der Waals surface area contributed by atoms with Gasteiger partial charge in [0.2, 0.25) is 0 Å². The van der Waals surface area contributed by atoms with Gasteiger partial charge < -0.3 is 34.7 Å². The molecule has 13 heteroatoms. The summed E-state index contributed by atoms with van der Waals surface area (Å²) in [6.45, 7) is 12.2. The van der Waals surface area contributed by atoms with Gasteiger partial charge in [-0.15, -0.1) is 0 Å². The predicted molar refractivity (Wildman–Crippen MR) is 175 cm³/mol. The number of carbonyl (C=O) groups excluding carboxylic acids is 1. The molecule has 0 spiro atoms. The van der Waals surface area contributed by atoms with Crippen LogP contribution in [0, 0.1) is 11.2 Å². The van der Waals surface area contributed by atoms with E-state index in [4.69, 9.17) is 24.6 Å².